The van der Waals surface area contributed by atoms with Gasteiger partial charge in [0.05, 0.1) is 11.1 Å². The fraction of sp³-hybridized carbons (Fsp3) is 0.192. The van der Waals surface area contributed by atoms with Crippen molar-refractivity contribution in [1.82, 2.24) is 9.97 Å². The lowest BCUT2D eigenvalue weighted by Crippen LogP contribution is -2.24. The number of anilines is 1. The number of carbonyl (C=O) groups is 1. The molecule has 2 aromatic heterocycles. The van der Waals surface area contributed by atoms with Crippen LogP contribution < -0.4 is 4.90 Å². The summed E-state index contributed by atoms with van der Waals surface area (Å²) in [5.41, 5.74) is 5.48. The van der Waals surface area contributed by atoms with Gasteiger partial charge in [0.15, 0.2) is 5.78 Å². The number of hydrogen-bond acceptors (Lipinski definition) is 6. The molecule has 1 aliphatic heterocycles. The zero-order valence-electron chi connectivity index (χ0n) is 18.2. The van der Waals surface area contributed by atoms with Crippen LogP contribution in [0.15, 0.2) is 83.1 Å². The van der Waals surface area contributed by atoms with Crippen molar-refractivity contribution < 1.29 is 4.79 Å². The molecule has 0 atom stereocenters. The van der Waals surface area contributed by atoms with Crippen LogP contribution in [0.3, 0.4) is 0 Å². The molecule has 4 aromatic rings. The van der Waals surface area contributed by atoms with Gasteiger partial charge in [0.25, 0.3) is 0 Å². The Balaban J connectivity index is 1.41. The van der Waals surface area contributed by atoms with Crippen LogP contribution in [-0.4, -0.2) is 28.6 Å². The van der Waals surface area contributed by atoms with Crippen LogP contribution in [0.1, 0.15) is 19.4 Å². The summed E-state index contributed by atoms with van der Waals surface area (Å²) in [6.07, 6.45) is 3.39. The Bertz CT molecular complexity index is 1340. The van der Waals surface area contributed by atoms with Gasteiger partial charge in [-0.25, -0.2) is 9.97 Å². The van der Waals surface area contributed by atoms with Gasteiger partial charge >= 0.3 is 0 Å². The summed E-state index contributed by atoms with van der Waals surface area (Å²) in [6, 6.07) is 18.6. The van der Waals surface area contributed by atoms with E-state index in [1.807, 2.05) is 31.3 Å². The fourth-order valence-corrected chi connectivity index (χ4v) is 6.20. The standard InChI is InChI=1S/C26H23N3OS2/c1-26(2)20-11-7-8-12-21(20)29(3)22(26)13-18(30)14-31-24-23-19(17-9-5-4-6-10-17)15-32-25(23)28-16-27-24/h4-13,15-16H,14H2,1-3H3/b22-13-. The minimum absolute atomic E-state index is 0.0842. The molecule has 0 spiro atoms. The smallest absolute Gasteiger partial charge is 0.167 e. The summed E-state index contributed by atoms with van der Waals surface area (Å²) < 4.78 is 0. The second kappa shape index (κ2) is 8.19. The molecule has 1 aliphatic rings. The first-order valence-electron chi connectivity index (χ1n) is 10.5. The van der Waals surface area contributed by atoms with Gasteiger partial charge in [-0.15, -0.1) is 11.3 Å². The molecule has 32 heavy (non-hydrogen) atoms. The molecule has 0 N–H and O–H groups in total. The van der Waals surface area contributed by atoms with E-state index in [1.165, 1.54) is 17.3 Å². The van der Waals surface area contributed by atoms with Crippen molar-refractivity contribution in [1.29, 1.82) is 0 Å². The first kappa shape index (κ1) is 20.9. The maximum absolute atomic E-state index is 13.0. The van der Waals surface area contributed by atoms with E-state index in [1.54, 1.807) is 23.7 Å². The van der Waals surface area contributed by atoms with Crippen molar-refractivity contribution >= 4 is 44.8 Å². The third-order valence-corrected chi connectivity index (χ3v) is 7.91. The van der Waals surface area contributed by atoms with Gasteiger partial charge in [-0.3, -0.25) is 4.79 Å². The molecule has 0 bridgehead atoms. The molecule has 0 saturated heterocycles. The highest BCUT2D eigenvalue weighted by atomic mass is 32.2. The number of carbonyl (C=O) groups excluding carboxylic acids is 1. The number of likely N-dealkylation sites (N-methyl/N-ethyl adjacent to an activating group) is 1. The van der Waals surface area contributed by atoms with E-state index >= 15 is 0 Å². The number of aromatic nitrogens is 2. The molecule has 0 radical (unpaired) electrons. The van der Waals surface area contributed by atoms with Crippen LogP contribution in [0.25, 0.3) is 21.3 Å². The van der Waals surface area contributed by atoms with Crippen LogP contribution >= 0.6 is 23.1 Å². The molecular formula is C26H23N3OS2. The minimum Gasteiger partial charge on any atom is -0.347 e. The number of allylic oxidation sites excluding steroid dienone is 2. The molecule has 4 nitrogen and oxygen atoms in total. The number of thiophene rings is 1. The highest BCUT2D eigenvalue weighted by molar-refractivity contribution is 8.00. The minimum atomic E-state index is -0.207. The Morgan fingerprint density at radius 2 is 1.84 bits per heavy atom. The SMILES string of the molecule is CN1/C(=C\C(=O)CSc2ncnc3scc(-c4ccccc4)c23)C(C)(C)c2ccccc21. The van der Waals surface area contributed by atoms with Gasteiger partial charge in [0.2, 0.25) is 0 Å². The topological polar surface area (TPSA) is 46.1 Å². The second-order valence-electron chi connectivity index (χ2n) is 8.36. The average Bonchev–Trinajstić information content (AvgIpc) is 3.33. The largest absolute Gasteiger partial charge is 0.347 e. The molecule has 5 rings (SSSR count). The van der Waals surface area contributed by atoms with E-state index in [9.17, 15) is 4.79 Å². The first-order valence-corrected chi connectivity index (χ1v) is 12.3. The molecule has 2 aromatic carbocycles. The number of para-hydroxylation sites is 1. The summed E-state index contributed by atoms with van der Waals surface area (Å²) in [4.78, 5) is 25.1. The van der Waals surface area contributed by atoms with Crippen molar-refractivity contribution in [2.45, 2.75) is 24.3 Å². The summed E-state index contributed by atoms with van der Waals surface area (Å²) in [5.74, 6) is 0.418. The summed E-state index contributed by atoms with van der Waals surface area (Å²) in [5, 5.41) is 4.00. The molecule has 0 saturated carbocycles. The van der Waals surface area contributed by atoms with E-state index < -0.39 is 0 Å². The van der Waals surface area contributed by atoms with Crippen molar-refractivity contribution in [3.05, 3.63) is 83.6 Å². The molecule has 0 unspecified atom stereocenters. The average molecular weight is 458 g/mol. The third-order valence-electron chi connectivity index (χ3n) is 6.01. The van der Waals surface area contributed by atoms with Crippen molar-refractivity contribution in [3.63, 3.8) is 0 Å². The normalized spacial score (nSPS) is 16.0. The monoisotopic (exact) mass is 457 g/mol. The van der Waals surface area contributed by atoms with Crippen LogP contribution in [0.4, 0.5) is 5.69 Å². The molecular weight excluding hydrogens is 434 g/mol. The van der Waals surface area contributed by atoms with E-state index in [-0.39, 0.29) is 11.2 Å². The predicted molar refractivity (Wildman–Crippen MR) is 135 cm³/mol. The van der Waals surface area contributed by atoms with Gasteiger partial charge in [-0.05, 0) is 17.2 Å². The van der Waals surface area contributed by atoms with Crippen molar-refractivity contribution in [3.8, 4) is 11.1 Å². The Morgan fingerprint density at radius 3 is 2.62 bits per heavy atom. The number of nitrogens with zero attached hydrogens (tertiary/aromatic N) is 3. The summed E-state index contributed by atoms with van der Waals surface area (Å²) in [7, 11) is 2.03. The predicted octanol–water partition coefficient (Wildman–Crippen LogP) is 6.33. The van der Waals surface area contributed by atoms with Gasteiger partial charge < -0.3 is 4.90 Å². The maximum Gasteiger partial charge on any atom is 0.167 e. The molecule has 0 aliphatic carbocycles. The van der Waals surface area contributed by atoms with Crippen LogP contribution in [0, 0.1) is 0 Å². The number of benzene rings is 2. The molecule has 0 amide bonds. The van der Waals surface area contributed by atoms with Gasteiger partial charge in [0.1, 0.15) is 16.2 Å². The lowest BCUT2D eigenvalue weighted by atomic mass is 9.83. The quantitative estimate of drug-likeness (QED) is 0.199. The van der Waals surface area contributed by atoms with E-state index in [4.69, 9.17) is 0 Å². The third kappa shape index (κ3) is 3.53. The second-order valence-corrected chi connectivity index (χ2v) is 10.2. The zero-order chi connectivity index (χ0) is 22.3. The number of fused-ring (bicyclic) bond motifs is 2. The van der Waals surface area contributed by atoms with Crippen LogP contribution in [0.2, 0.25) is 0 Å². The first-order chi connectivity index (χ1) is 15.5. The summed E-state index contributed by atoms with van der Waals surface area (Å²) in [6.45, 7) is 4.35. The van der Waals surface area contributed by atoms with Crippen molar-refractivity contribution in [2.24, 2.45) is 0 Å². The molecule has 3 heterocycles. The molecule has 0 fully saturated rings. The Morgan fingerprint density at radius 1 is 1.09 bits per heavy atom. The Labute approximate surface area is 196 Å². The van der Waals surface area contributed by atoms with E-state index in [2.05, 4.69) is 64.4 Å². The van der Waals surface area contributed by atoms with Gasteiger partial charge in [0, 0.05) is 40.9 Å². The van der Waals surface area contributed by atoms with E-state index in [0.717, 1.165) is 37.8 Å². The Kier molecular flexibility index (Phi) is 5.35. The Hall–Kier alpha value is -2.96. The number of ketones is 1. The van der Waals surface area contributed by atoms with Gasteiger partial charge in [-0.2, -0.15) is 0 Å². The molecule has 6 heteroatoms. The molecule has 160 valence electrons. The van der Waals surface area contributed by atoms with Crippen molar-refractivity contribution in [2.75, 3.05) is 17.7 Å². The number of rotatable bonds is 5. The maximum atomic E-state index is 13.0. The van der Waals surface area contributed by atoms with E-state index in [0.29, 0.717) is 5.75 Å². The lowest BCUT2D eigenvalue weighted by molar-refractivity contribution is -0.112. The number of hydrogen-bond donors (Lipinski definition) is 0. The van der Waals surface area contributed by atoms with Crippen LogP contribution in [0.5, 0.6) is 0 Å². The highest BCUT2D eigenvalue weighted by Crippen LogP contribution is 2.46. The van der Waals surface area contributed by atoms with Crippen LogP contribution in [-0.2, 0) is 10.2 Å². The lowest BCUT2D eigenvalue weighted by Gasteiger charge is -2.23. The fourth-order valence-electron chi connectivity index (χ4n) is 4.38. The highest BCUT2D eigenvalue weighted by Gasteiger charge is 2.38. The number of thioether (sulfide) groups is 1. The zero-order valence-corrected chi connectivity index (χ0v) is 19.8. The summed E-state index contributed by atoms with van der Waals surface area (Å²) >= 11 is 3.09. The van der Waals surface area contributed by atoms with Gasteiger partial charge in [-0.1, -0.05) is 74.1 Å².